The van der Waals surface area contributed by atoms with Crippen molar-refractivity contribution in [2.45, 2.75) is 57.0 Å². The number of carboxylic acid groups (broad SMARTS) is 1. The highest BCUT2D eigenvalue weighted by molar-refractivity contribution is 5.73. The van der Waals surface area contributed by atoms with E-state index in [4.69, 9.17) is 19.3 Å². The number of hydrogen-bond acceptors (Lipinski definition) is 4. The first-order valence-electron chi connectivity index (χ1n) is 6.07. The molecule has 1 fully saturated rings. The molecule has 0 aliphatic carbocycles. The van der Waals surface area contributed by atoms with E-state index in [1.165, 1.54) is 0 Å². The Kier molecular flexibility index (Phi) is 5.88. The van der Waals surface area contributed by atoms with Gasteiger partial charge >= 0.3 is 5.97 Å². The number of carbonyl (C=O) groups is 1. The van der Waals surface area contributed by atoms with Crippen LogP contribution in [0.25, 0.3) is 0 Å². The molecule has 0 radical (unpaired) electrons. The maximum Gasteiger partial charge on any atom is 0.332 e. The molecule has 100 valence electrons. The lowest BCUT2D eigenvalue weighted by atomic mass is 9.94. The Labute approximate surface area is 102 Å². The lowest BCUT2D eigenvalue weighted by molar-refractivity contribution is -0.215. The first kappa shape index (κ1) is 14.4. The molecule has 1 N–H and O–H groups in total. The topological polar surface area (TPSA) is 65.0 Å². The van der Waals surface area contributed by atoms with Gasteiger partial charge in [-0.1, -0.05) is 19.8 Å². The fourth-order valence-electron chi connectivity index (χ4n) is 2.15. The molecule has 5 heteroatoms. The van der Waals surface area contributed by atoms with Gasteiger partial charge in [0, 0.05) is 20.6 Å². The number of ether oxygens (including phenoxy) is 3. The lowest BCUT2D eigenvalue weighted by Crippen LogP contribution is -2.53. The molecule has 17 heavy (non-hydrogen) atoms. The number of rotatable bonds is 8. The molecule has 0 aromatic rings. The maximum absolute atomic E-state index is 10.7. The van der Waals surface area contributed by atoms with Crippen LogP contribution in [0.2, 0.25) is 0 Å². The monoisotopic (exact) mass is 246 g/mol. The normalized spacial score (nSPS) is 27.2. The maximum atomic E-state index is 10.7. The van der Waals surface area contributed by atoms with Crippen molar-refractivity contribution in [2.24, 2.45) is 0 Å². The van der Waals surface area contributed by atoms with Crippen LogP contribution in [0.5, 0.6) is 0 Å². The first-order valence-corrected chi connectivity index (χ1v) is 6.07. The third-order valence-electron chi connectivity index (χ3n) is 3.21. The average molecular weight is 246 g/mol. The second-order valence-electron chi connectivity index (χ2n) is 4.35. The molecule has 1 saturated heterocycles. The molecule has 1 aliphatic heterocycles. The number of unbranched alkanes of at least 4 members (excludes halogenated alkanes) is 1. The lowest BCUT2D eigenvalue weighted by Gasteiger charge is -2.40. The van der Waals surface area contributed by atoms with Crippen molar-refractivity contribution in [3.05, 3.63) is 0 Å². The van der Waals surface area contributed by atoms with Crippen LogP contribution in [0, 0.1) is 0 Å². The number of hydrogen-bond donors (Lipinski definition) is 1. The van der Waals surface area contributed by atoms with Crippen molar-refractivity contribution in [2.75, 3.05) is 14.2 Å². The molecule has 1 aliphatic rings. The van der Waals surface area contributed by atoms with Crippen molar-refractivity contribution in [3.63, 3.8) is 0 Å². The summed E-state index contributed by atoms with van der Waals surface area (Å²) in [5.41, 5.74) is 0. The molecule has 0 amide bonds. The van der Waals surface area contributed by atoms with Crippen LogP contribution in [0.15, 0.2) is 0 Å². The summed E-state index contributed by atoms with van der Waals surface area (Å²) >= 11 is 0. The van der Waals surface area contributed by atoms with Crippen molar-refractivity contribution in [1.82, 2.24) is 0 Å². The van der Waals surface area contributed by atoms with Crippen LogP contribution in [0.4, 0.5) is 0 Å². The Morgan fingerprint density at radius 1 is 1.47 bits per heavy atom. The van der Waals surface area contributed by atoms with Gasteiger partial charge in [-0.05, 0) is 6.42 Å². The average Bonchev–Trinajstić information content (AvgIpc) is 2.24. The summed E-state index contributed by atoms with van der Waals surface area (Å²) in [7, 11) is 3.26. The summed E-state index contributed by atoms with van der Waals surface area (Å²) in [6.45, 7) is 2.12. The largest absolute Gasteiger partial charge is 0.479 e. The van der Waals surface area contributed by atoms with Gasteiger partial charge in [-0.25, -0.2) is 4.79 Å². The molecule has 1 rings (SSSR count). The van der Waals surface area contributed by atoms with E-state index in [-0.39, 0.29) is 18.3 Å². The third kappa shape index (κ3) is 3.66. The van der Waals surface area contributed by atoms with E-state index in [0.29, 0.717) is 6.42 Å². The first-order chi connectivity index (χ1) is 8.13. The Hall–Kier alpha value is -0.650. The highest BCUT2D eigenvalue weighted by atomic mass is 16.6. The van der Waals surface area contributed by atoms with E-state index in [2.05, 4.69) is 6.92 Å². The van der Waals surface area contributed by atoms with E-state index in [0.717, 1.165) is 19.3 Å². The Morgan fingerprint density at radius 3 is 2.53 bits per heavy atom. The van der Waals surface area contributed by atoms with E-state index in [1.54, 1.807) is 14.2 Å². The van der Waals surface area contributed by atoms with Gasteiger partial charge in [0.05, 0.1) is 12.2 Å². The van der Waals surface area contributed by atoms with Gasteiger partial charge in [0.15, 0.2) is 6.10 Å². The molecular formula is C12H22O5. The number of carboxylic acids is 1. The van der Waals surface area contributed by atoms with Crippen LogP contribution in [-0.4, -0.2) is 49.7 Å². The molecule has 0 aromatic carbocycles. The van der Waals surface area contributed by atoms with Crippen molar-refractivity contribution >= 4 is 5.97 Å². The quantitative estimate of drug-likeness (QED) is 0.702. The highest BCUT2D eigenvalue weighted by Crippen LogP contribution is 2.28. The SMILES string of the molecule is CCCCC(OC)C(OC)C1CC(C(=O)O)O1. The van der Waals surface area contributed by atoms with Crippen LogP contribution in [-0.2, 0) is 19.0 Å². The standard InChI is InChI=1S/C12H22O5/c1-4-5-6-8(15-2)11(16-3)9-7-10(17-9)12(13)14/h8-11H,4-7H2,1-3H3,(H,13,14). The van der Waals surface area contributed by atoms with Crippen LogP contribution in [0.1, 0.15) is 32.6 Å². The molecular weight excluding hydrogens is 224 g/mol. The smallest absolute Gasteiger partial charge is 0.332 e. The minimum atomic E-state index is -0.904. The van der Waals surface area contributed by atoms with E-state index in [9.17, 15) is 4.79 Å². The van der Waals surface area contributed by atoms with Crippen molar-refractivity contribution in [1.29, 1.82) is 0 Å². The van der Waals surface area contributed by atoms with Gasteiger partial charge in [-0.3, -0.25) is 0 Å². The van der Waals surface area contributed by atoms with Crippen LogP contribution >= 0.6 is 0 Å². The Morgan fingerprint density at radius 2 is 2.12 bits per heavy atom. The predicted octanol–water partition coefficient (Wildman–Crippen LogP) is 1.45. The minimum Gasteiger partial charge on any atom is -0.479 e. The summed E-state index contributed by atoms with van der Waals surface area (Å²) in [5.74, 6) is -0.904. The number of aliphatic carboxylic acids is 1. The number of methoxy groups -OCH3 is 2. The second-order valence-corrected chi connectivity index (χ2v) is 4.35. The van der Waals surface area contributed by atoms with Gasteiger partial charge in [-0.15, -0.1) is 0 Å². The van der Waals surface area contributed by atoms with E-state index < -0.39 is 12.1 Å². The summed E-state index contributed by atoms with van der Waals surface area (Å²) in [4.78, 5) is 10.7. The second kappa shape index (κ2) is 6.93. The molecule has 4 unspecified atom stereocenters. The predicted molar refractivity (Wildman–Crippen MR) is 62.0 cm³/mol. The van der Waals surface area contributed by atoms with Gasteiger partial charge < -0.3 is 19.3 Å². The zero-order chi connectivity index (χ0) is 12.8. The van der Waals surface area contributed by atoms with Gasteiger partial charge in [0.1, 0.15) is 6.10 Å². The third-order valence-corrected chi connectivity index (χ3v) is 3.21. The fourth-order valence-corrected chi connectivity index (χ4v) is 2.15. The molecule has 1 heterocycles. The molecule has 0 spiro atoms. The highest BCUT2D eigenvalue weighted by Gasteiger charge is 2.43. The zero-order valence-corrected chi connectivity index (χ0v) is 10.7. The zero-order valence-electron chi connectivity index (χ0n) is 10.7. The van der Waals surface area contributed by atoms with Gasteiger partial charge in [0.25, 0.3) is 0 Å². The Bertz CT molecular complexity index is 237. The van der Waals surface area contributed by atoms with E-state index >= 15 is 0 Å². The molecule has 0 aromatic heterocycles. The van der Waals surface area contributed by atoms with Gasteiger partial charge in [-0.2, -0.15) is 0 Å². The van der Waals surface area contributed by atoms with Crippen LogP contribution < -0.4 is 0 Å². The molecule has 5 nitrogen and oxygen atoms in total. The fraction of sp³-hybridized carbons (Fsp3) is 0.917. The summed E-state index contributed by atoms with van der Waals surface area (Å²) in [5, 5.41) is 8.75. The van der Waals surface area contributed by atoms with E-state index in [1.807, 2.05) is 0 Å². The minimum absolute atomic E-state index is 0.0281. The summed E-state index contributed by atoms with van der Waals surface area (Å²) in [6.07, 6.45) is 2.52. The van der Waals surface area contributed by atoms with Gasteiger partial charge in [0.2, 0.25) is 0 Å². The van der Waals surface area contributed by atoms with Crippen molar-refractivity contribution in [3.8, 4) is 0 Å². The summed E-state index contributed by atoms with van der Waals surface area (Å²) < 4.78 is 16.1. The molecule has 0 saturated carbocycles. The Balaban J connectivity index is 2.44. The molecule has 4 atom stereocenters. The molecule has 0 bridgehead atoms. The van der Waals surface area contributed by atoms with Crippen molar-refractivity contribution < 1.29 is 24.1 Å². The summed E-state index contributed by atoms with van der Waals surface area (Å²) in [6, 6.07) is 0. The van der Waals surface area contributed by atoms with Crippen LogP contribution in [0.3, 0.4) is 0 Å².